The molecule has 5 nitrogen and oxygen atoms in total. The van der Waals surface area contributed by atoms with Gasteiger partial charge < -0.3 is 15.5 Å². The van der Waals surface area contributed by atoms with Gasteiger partial charge in [-0.3, -0.25) is 4.79 Å². The summed E-state index contributed by atoms with van der Waals surface area (Å²) in [6.45, 7) is 2.93. The molecule has 0 unspecified atom stereocenters. The fourth-order valence-corrected chi connectivity index (χ4v) is 5.63. The first kappa shape index (κ1) is 18.3. The molecular weight excluding hydrogens is 338 g/mol. The van der Waals surface area contributed by atoms with Gasteiger partial charge in [0.05, 0.1) is 0 Å². The highest BCUT2D eigenvalue weighted by molar-refractivity contribution is 5.89. The van der Waals surface area contributed by atoms with Crippen LogP contribution in [-0.4, -0.2) is 35.5 Å². The molecule has 1 aromatic carbocycles. The number of benzene rings is 1. The van der Waals surface area contributed by atoms with Gasteiger partial charge in [-0.25, -0.2) is 4.79 Å². The van der Waals surface area contributed by atoms with Crippen molar-refractivity contribution in [3.05, 3.63) is 30.3 Å². The standard InChI is InChI=1S/C22H31N3O2/c1-15-12-20-18(13-21(26)25(20)17-10-6-3-7-11-17)19(15)14-23-22(27)24-16-8-4-2-5-9-16/h2,4-5,8-9,15,17-20H,3,6-7,10-14H2,1H3,(H2,23,24,27)/t15-,18-,19+,20+/m0/s1. The maximum absolute atomic E-state index is 12.7. The number of rotatable bonds is 4. The number of urea groups is 1. The van der Waals surface area contributed by atoms with Crippen LogP contribution in [0.3, 0.4) is 0 Å². The van der Waals surface area contributed by atoms with Crippen LogP contribution in [0.5, 0.6) is 0 Å². The lowest BCUT2D eigenvalue weighted by Gasteiger charge is -2.35. The van der Waals surface area contributed by atoms with Crippen molar-refractivity contribution in [2.45, 2.75) is 64.0 Å². The number of hydrogen-bond donors (Lipinski definition) is 2. The summed E-state index contributed by atoms with van der Waals surface area (Å²) in [5.41, 5.74) is 0.798. The molecule has 1 aliphatic heterocycles. The molecule has 1 saturated heterocycles. The highest BCUT2D eigenvalue weighted by Crippen LogP contribution is 2.47. The Labute approximate surface area is 161 Å². The Hall–Kier alpha value is -2.04. The molecule has 3 fully saturated rings. The summed E-state index contributed by atoms with van der Waals surface area (Å²) in [6, 6.07) is 10.2. The lowest BCUT2D eigenvalue weighted by molar-refractivity contribution is -0.132. The molecule has 1 aromatic rings. The minimum atomic E-state index is -0.162. The van der Waals surface area contributed by atoms with Crippen LogP contribution in [0.1, 0.15) is 51.9 Å². The van der Waals surface area contributed by atoms with Gasteiger partial charge in [0.1, 0.15) is 0 Å². The topological polar surface area (TPSA) is 61.4 Å². The van der Waals surface area contributed by atoms with Crippen molar-refractivity contribution < 1.29 is 9.59 Å². The van der Waals surface area contributed by atoms with E-state index < -0.39 is 0 Å². The van der Waals surface area contributed by atoms with Crippen LogP contribution >= 0.6 is 0 Å². The van der Waals surface area contributed by atoms with Crippen molar-refractivity contribution in [3.8, 4) is 0 Å². The zero-order valence-electron chi connectivity index (χ0n) is 16.2. The Morgan fingerprint density at radius 1 is 1.15 bits per heavy atom. The Bertz CT molecular complexity index is 671. The molecule has 5 heteroatoms. The van der Waals surface area contributed by atoms with Crippen molar-refractivity contribution in [2.75, 3.05) is 11.9 Å². The zero-order valence-corrected chi connectivity index (χ0v) is 16.2. The molecule has 2 aliphatic carbocycles. The fourth-order valence-electron chi connectivity index (χ4n) is 5.63. The molecule has 4 atom stereocenters. The second-order valence-electron chi connectivity index (χ2n) is 8.61. The minimum Gasteiger partial charge on any atom is -0.338 e. The molecular formula is C22H31N3O2. The van der Waals surface area contributed by atoms with E-state index >= 15 is 0 Å². The van der Waals surface area contributed by atoms with E-state index in [4.69, 9.17) is 0 Å². The Morgan fingerprint density at radius 2 is 1.89 bits per heavy atom. The normalized spacial score (nSPS) is 31.0. The Kier molecular flexibility index (Phi) is 5.37. The van der Waals surface area contributed by atoms with Gasteiger partial charge in [0, 0.05) is 30.7 Å². The summed E-state index contributed by atoms with van der Waals surface area (Å²) in [6.07, 6.45) is 7.92. The van der Waals surface area contributed by atoms with Crippen LogP contribution in [0.2, 0.25) is 0 Å². The zero-order chi connectivity index (χ0) is 18.8. The van der Waals surface area contributed by atoms with E-state index in [1.54, 1.807) is 0 Å². The number of fused-ring (bicyclic) bond motifs is 1. The van der Waals surface area contributed by atoms with Crippen molar-refractivity contribution in [1.29, 1.82) is 0 Å². The smallest absolute Gasteiger partial charge is 0.319 e. The van der Waals surface area contributed by atoms with Gasteiger partial charge in [-0.15, -0.1) is 0 Å². The number of likely N-dealkylation sites (tertiary alicyclic amines) is 1. The summed E-state index contributed by atoms with van der Waals surface area (Å²) in [4.78, 5) is 27.2. The molecule has 146 valence electrons. The van der Waals surface area contributed by atoms with Gasteiger partial charge in [0.25, 0.3) is 0 Å². The second-order valence-corrected chi connectivity index (χ2v) is 8.61. The van der Waals surface area contributed by atoms with Crippen LogP contribution in [0.4, 0.5) is 10.5 Å². The lowest BCUT2D eigenvalue weighted by atomic mass is 9.88. The third-order valence-electron chi connectivity index (χ3n) is 6.94. The molecule has 3 aliphatic rings. The van der Waals surface area contributed by atoms with Crippen LogP contribution in [0.15, 0.2) is 30.3 Å². The van der Waals surface area contributed by atoms with E-state index in [9.17, 15) is 9.59 Å². The molecule has 0 spiro atoms. The summed E-state index contributed by atoms with van der Waals surface area (Å²) in [5, 5.41) is 5.93. The van der Waals surface area contributed by atoms with E-state index in [2.05, 4.69) is 22.5 Å². The molecule has 1 heterocycles. The van der Waals surface area contributed by atoms with E-state index in [0.29, 0.717) is 48.7 Å². The number of anilines is 1. The number of carbonyl (C=O) groups is 2. The molecule has 2 saturated carbocycles. The number of hydrogen-bond acceptors (Lipinski definition) is 2. The number of nitrogens with zero attached hydrogens (tertiary/aromatic N) is 1. The molecule has 4 rings (SSSR count). The van der Waals surface area contributed by atoms with E-state index in [0.717, 1.165) is 12.1 Å². The Morgan fingerprint density at radius 3 is 2.63 bits per heavy atom. The second kappa shape index (κ2) is 7.91. The van der Waals surface area contributed by atoms with Crippen molar-refractivity contribution in [1.82, 2.24) is 10.2 Å². The maximum Gasteiger partial charge on any atom is 0.319 e. The van der Waals surface area contributed by atoms with E-state index in [-0.39, 0.29) is 6.03 Å². The van der Waals surface area contributed by atoms with Gasteiger partial charge in [0.15, 0.2) is 0 Å². The summed E-state index contributed by atoms with van der Waals surface area (Å²) in [5.74, 6) is 1.67. The van der Waals surface area contributed by atoms with Gasteiger partial charge in [-0.2, -0.15) is 0 Å². The van der Waals surface area contributed by atoms with Gasteiger partial charge in [0.2, 0.25) is 5.91 Å². The van der Waals surface area contributed by atoms with Gasteiger partial charge >= 0.3 is 6.03 Å². The van der Waals surface area contributed by atoms with Crippen LogP contribution in [0, 0.1) is 17.8 Å². The third-order valence-corrected chi connectivity index (χ3v) is 6.94. The summed E-state index contributed by atoms with van der Waals surface area (Å²) >= 11 is 0. The quantitative estimate of drug-likeness (QED) is 0.842. The summed E-state index contributed by atoms with van der Waals surface area (Å²) < 4.78 is 0. The number of nitrogens with one attached hydrogen (secondary N) is 2. The number of amides is 3. The average molecular weight is 370 g/mol. The predicted octanol–water partition coefficient (Wildman–Crippen LogP) is 4.01. The maximum atomic E-state index is 12.7. The highest BCUT2D eigenvalue weighted by atomic mass is 16.2. The van der Waals surface area contributed by atoms with Crippen LogP contribution < -0.4 is 10.6 Å². The minimum absolute atomic E-state index is 0.162. The molecule has 0 bridgehead atoms. The lowest BCUT2D eigenvalue weighted by Crippen LogP contribution is -2.43. The van der Waals surface area contributed by atoms with Crippen LogP contribution in [-0.2, 0) is 4.79 Å². The monoisotopic (exact) mass is 369 g/mol. The third kappa shape index (κ3) is 3.83. The van der Waals surface area contributed by atoms with Crippen molar-refractivity contribution >= 4 is 17.6 Å². The Balaban J connectivity index is 1.35. The first-order chi connectivity index (χ1) is 13.1. The van der Waals surface area contributed by atoms with E-state index in [1.165, 1.54) is 32.1 Å². The van der Waals surface area contributed by atoms with Gasteiger partial charge in [-0.05, 0) is 49.1 Å². The highest BCUT2D eigenvalue weighted by Gasteiger charge is 2.52. The van der Waals surface area contributed by atoms with Crippen LogP contribution in [0.25, 0.3) is 0 Å². The predicted molar refractivity (Wildman–Crippen MR) is 106 cm³/mol. The number of carbonyl (C=O) groups excluding carboxylic acids is 2. The molecule has 2 N–H and O–H groups in total. The largest absolute Gasteiger partial charge is 0.338 e. The molecule has 0 aromatic heterocycles. The number of para-hydroxylation sites is 1. The molecule has 27 heavy (non-hydrogen) atoms. The summed E-state index contributed by atoms with van der Waals surface area (Å²) in [7, 11) is 0. The molecule has 3 amide bonds. The SMILES string of the molecule is C[C@H]1C[C@@H]2[C@@H](CC(=O)N2C2CCCCC2)[C@@H]1CNC(=O)Nc1ccccc1. The first-order valence-corrected chi connectivity index (χ1v) is 10.5. The fraction of sp³-hybridized carbons (Fsp3) is 0.636. The average Bonchev–Trinajstić information content (AvgIpc) is 3.14. The molecule has 0 radical (unpaired) electrons. The first-order valence-electron chi connectivity index (χ1n) is 10.5. The van der Waals surface area contributed by atoms with Crippen molar-refractivity contribution in [2.24, 2.45) is 17.8 Å². The van der Waals surface area contributed by atoms with E-state index in [1.807, 2.05) is 30.3 Å². The van der Waals surface area contributed by atoms with Crippen molar-refractivity contribution in [3.63, 3.8) is 0 Å². The van der Waals surface area contributed by atoms with Gasteiger partial charge in [-0.1, -0.05) is 44.4 Å².